The summed E-state index contributed by atoms with van der Waals surface area (Å²) in [5.74, 6) is -2.55. The number of aliphatic hydroxyl groups is 1. The van der Waals surface area contributed by atoms with E-state index in [1.807, 2.05) is 0 Å². The first kappa shape index (κ1) is 17.6. The van der Waals surface area contributed by atoms with Crippen molar-refractivity contribution >= 4 is 17.5 Å². The first-order valence-electron chi connectivity index (χ1n) is 12.5. The molecule has 0 saturated heterocycles. The second-order valence-electron chi connectivity index (χ2n) is 8.36. The van der Waals surface area contributed by atoms with Crippen LogP contribution in [0.1, 0.15) is 45.9 Å². The van der Waals surface area contributed by atoms with Gasteiger partial charge in [0.1, 0.15) is 11.6 Å². The zero-order valence-electron chi connectivity index (χ0n) is 21.8. The average molecular weight is 468 g/mol. The summed E-state index contributed by atoms with van der Waals surface area (Å²) in [5.41, 5.74) is 4.14. The minimum atomic E-state index is -2.79. The van der Waals surface area contributed by atoms with Crippen LogP contribution in [0, 0.1) is 23.9 Å². The lowest BCUT2D eigenvalue weighted by Gasteiger charge is -2.23. The highest BCUT2D eigenvalue weighted by atomic mass is 19.1. The lowest BCUT2D eigenvalue weighted by atomic mass is 9.92. The number of amides is 1. The number of carbonyl (C=O) groups excluding carboxylic acids is 1. The third-order valence-electron chi connectivity index (χ3n) is 6.09. The van der Waals surface area contributed by atoms with Crippen molar-refractivity contribution in [3.63, 3.8) is 0 Å². The van der Waals surface area contributed by atoms with Crippen LogP contribution in [-0.4, -0.2) is 32.2 Å². The largest absolute Gasteiger partial charge is 0.388 e. The predicted molar refractivity (Wildman–Crippen MR) is 123 cm³/mol. The van der Waals surface area contributed by atoms with E-state index < -0.39 is 47.0 Å². The molecule has 1 saturated carbocycles. The standard InChI is InChI=1S/C25H23F2N5O2/c1-14-2-7-18(16-8-11-32-19(12-16)30-24(28)31-32)21(27)20(14)23(34)29-13-25(9-10-25)22(33)15-3-5-17(26)6-4-15/h2-8,11-12,22,33H,9-10,13H2,1H3,(H2,28,31)(H,29,34)/i1D3,22D. The molecule has 7 nitrogen and oxygen atoms in total. The number of halogens is 2. The molecule has 0 bridgehead atoms. The number of nitrogens with two attached hydrogens (primary N) is 1. The molecule has 0 radical (unpaired) electrons. The Kier molecular flexibility index (Phi) is 4.23. The Morgan fingerprint density at radius 1 is 1.29 bits per heavy atom. The minimum Gasteiger partial charge on any atom is -0.388 e. The number of anilines is 1. The monoisotopic (exact) mass is 467 g/mol. The average Bonchev–Trinajstić information content (AvgIpc) is 3.56. The number of benzene rings is 2. The number of nitrogens with one attached hydrogen (secondary N) is 1. The van der Waals surface area contributed by atoms with E-state index in [0.717, 1.165) is 12.1 Å². The van der Waals surface area contributed by atoms with Gasteiger partial charge in [-0.2, -0.15) is 4.98 Å². The molecule has 2 aromatic heterocycles. The summed E-state index contributed by atoms with van der Waals surface area (Å²) in [5, 5.41) is 17.5. The van der Waals surface area contributed by atoms with Crippen molar-refractivity contribution in [1.82, 2.24) is 19.9 Å². The quantitative estimate of drug-likeness (QED) is 0.400. The maximum atomic E-state index is 15.9. The molecule has 0 spiro atoms. The molecule has 0 aliphatic heterocycles. The number of carbonyl (C=O) groups is 1. The lowest BCUT2D eigenvalue weighted by molar-refractivity contribution is 0.0805. The van der Waals surface area contributed by atoms with Gasteiger partial charge < -0.3 is 16.2 Å². The summed E-state index contributed by atoms with van der Waals surface area (Å²) >= 11 is 0. The van der Waals surface area contributed by atoms with Crippen LogP contribution in [0.3, 0.4) is 0 Å². The number of hydrogen-bond donors (Lipinski definition) is 3. The number of nitrogen functional groups attached to an aromatic ring is 1. The van der Waals surface area contributed by atoms with E-state index in [9.17, 15) is 14.3 Å². The van der Waals surface area contributed by atoms with Crippen LogP contribution in [0.25, 0.3) is 16.8 Å². The molecule has 1 aliphatic rings. The highest BCUT2D eigenvalue weighted by Gasteiger charge is 2.49. The molecule has 2 aromatic carbocycles. The molecule has 1 fully saturated rings. The number of hydrogen-bond acceptors (Lipinski definition) is 5. The van der Waals surface area contributed by atoms with Gasteiger partial charge in [0.05, 0.1) is 13.0 Å². The van der Waals surface area contributed by atoms with Gasteiger partial charge >= 0.3 is 0 Å². The Morgan fingerprint density at radius 2 is 2.06 bits per heavy atom. The summed E-state index contributed by atoms with van der Waals surface area (Å²) < 4.78 is 62.7. The fourth-order valence-corrected chi connectivity index (χ4v) is 3.99. The zero-order valence-corrected chi connectivity index (χ0v) is 17.8. The summed E-state index contributed by atoms with van der Waals surface area (Å²) in [7, 11) is 0. The molecule has 174 valence electrons. The van der Waals surface area contributed by atoms with Gasteiger partial charge in [-0.05, 0) is 60.6 Å². The second kappa shape index (κ2) is 8.18. The summed E-state index contributed by atoms with van der Waals surface area (Å²) in [6, 6.07) is 10.3. The summed E-state index contributed by atoms with van der Waals surface area (Å²) in [6.45, 7) is -3.02. The normalized spacial score (nSPS) is 18.3. The van der Waals surface area contributed by atoms with Crippen LogP contribution in [-0.2, 0) is 0 Å². The van der Waals surface area contributed by atoms with E-state index >= 15 is 4.39 Å². The molecule has 5 rings (SSSR count). The molecule has 1 unspecified atom stereocenters. The van der Waals surface area contributed by atoms with Gasteiger partial charge in [0.15, 0.2) is 5.65 Å². The molecule has 4 aromatic rings. The summed E-state index contributed by atoms with van der Waals surface area (Å²) in [6.07, 6.45) is 0.102. The van der Waals surface area contributed by atoms with Crippen LogP contribution >= 0.6 is 0 Å². The van der Waals surface area contributed by atoms with Gasteiger partial charge in [-0.25, -0.2) is 13.3 Å². The van der Waals surface area contributed by atoms with E-state index in [-0.39, 0.29) is 23.6 Å². The van der Waals surface area contributed by atoms with Gasteiger partial charge in [0.25, 0.3) is 5.91 Å². The van der Waals surface area contributed by atoms with Gasteiger partial charge in [-0.1, -0.05) is 24.3 Å². The predicted octanol–water partition coefficient (Wildman–Crippen LogP) is 3.81. The smallest absolute Gasteiger partial charge is 0.254 e. The van der Waals surface area contributed by atoms with Gasteiger partial charge in [0.2, 0.25) is 5.95 Å². The number of nitrogens with zero attached hydrogens (tertiary/aromatic N) is 3. The molecular formula is C25H23F2N5O2. The Morgan fingerprint density at radius 3 is 2.76 bits per heavy atom. The number of rotatable bonds is 6. The van der Waals surface area contributed by atoms with Crippen molar-refractivity contribution in [1.29, 1.82) is 0 Å². The van der Waals surface area contributed by atoms with Crippen LogP contribution in [0.5, 0.6) is 0 Å². The van der Waals surface area contributed by atoms with Crippen LogP contribution < -0.4 is 11.1 Å². The highest BCUT2D eigenvalue weighted by molar-refractivity contribution is 5.97. The summed E-state index contributed by atoms with van der Waals surface area (Å²) in [4.78, 5) is 17.3. The van der Waals surface area contributed by atoms with E-state index in [1.54, 1.807) is 0 Å². The van der Waals surface area contributed by atoms with Crippen molar-refractivity contribution in [2.24, 2.45) is 5.41 Å². The van der Waals surface area contributed by atoms with Gasteiger partial charge in [-0.3, -0.25) is 4.79 Å². The molecule has 34 heavy (non-hydrogen) atoms. The van der Waals surface area contributed by atoms with Crippen molar-refractivity contribution in [3.05, 3.63) is 83.1 Å². The maximum Gasteiger partial charge on any atom is 0.254 e. The molecule has 2 heterocycles. The maximum absolute atomic E-state index is 15.9. The topological polar surface area (TPSA) is 106 Å². The fourth-order valence-electron chi connectivity index (χ4n) is 3.99. The molecule has 1 atom stereocenters. The fraction of sp³-hybridized carbons (Fsp3) is 0.240. The number of aryl methyl sites for hydroxylation is 1. The van der Waals surface area contributed by atoms with Crippen molar-refractivity contribution < 1.29 is 24.2 Å². The number of fused-ring (bicyclic) bond motifs is 1. The van der Waals surface area contributed by atoms with Gasteiger partial charge in [0, 0.05) is 27.8 Å². The van der Waals surface area contributed by atoms with Crippen molar-refractivity contribution in [2.45, 2.75) is 25.8 Å². The molecule has 1 aliphatic carbocycles. The SMILES string of the molecule is [2H]C([2H])([2H])c1ccc(-c2ccn3nc(N)nc3c2)c(F)c1C(=O)NCC1(C([2H])(O)c2ccc(F)cc2)CC1. The van der Waals surface area contributed by atoms with E-state index in [0.29, 0.717) is 24.1 Å². The van der Waals surface area contributed by atoms with E-state index in [4.69, 9.17) is 11.2 Å². The van der Waals surface area contributed by atoms with Gasteiger partial charge in [-0.15, -0.1) is 5.10 Å². The lowest BCUT2D eigenvalue weighted by Crippen LogP contribution is -2.34. The third-order valence-corrected chi connectivity index (χ3v) is 6.09. The molecule has 4 N–H and O–H groups in total. The van der Waals surface area contributed by atoms with Crippen molar-refractivity contribution in [3.8, 4) is 11.1 Å². The first-order chi connectivity index (χ1) is 17.8. The second-order valence-corrected chi connectivity index (χ2v) is 8.36. The number of aromatic nitrogens is 3. The van der Waals surface area contributed by atoms with E-state index in [2.05, 4.69) is 15.4 Å². The third kappa shape index (κ3) is 3.88. The van der Waals surface area contributed by atoms with Crippen LogP contribution in [0.15, 0.2) is 54.7 Å². The number of pyridine rings is 1. The van der Waals surface area contributed by atoms with E-state index in [1.165, 1.54) is 47.1 Å². The Labute approximate surface area is 199 Å². The highest BCUT2D eigenvalue weighted by Crippen LogP contribution is 2.54. The Hall–Kier alpha value is -3.85. The zero-order chi connectivity index (χ0) is 27.5. The van der Waals surface area contributed by atoms with Crippen LogP contribution in [0.2, 0.25) is 0 Å². The minimum absolute atomic E-state index is 0.0180. The molecule has 9 heteroatoms. The first-order valence-corrected chi connectivity index (χ1v) is 10.5. The van der Waals surface area contributed by atoms with Crippen molar-refractivity contribution in [2.75, 3.05) is 12.3 Å². The van der Waals surface area contributed by atoms with Crippen LogP contribution in [0.4, 0.5) is 14.7 Å². The Bertz CT molecular complexity index is 1550. The molecular weight excluding hydrogens is 440 g/mol. The molecule has 1 amide bonds. The Balaban J connectivity index is 1.48.